The minimum Gasteiger partial charge on any atom is -0.462 e. The molecule has 0 radical (unpaired) electrons. The maximum Gasteiger partial charge on any atom is 0.344 e. The lowest BCUT2D eigenvalue weighted by atomic mass is 10.2. The van der Waals surface area contributed by atoms with E-state index in [1.165, 1.54) is 0 Å². The van der Waals surface area contributed by atoms with Crippen LogP contribution in [0.25, 0.3) is 0 Å². The number of hydrogen-bond acceptors (Lipinski definition) is 2. The molecule has 1 aromatic carbocycles. The second-order valence-electron chi connectivity index (χ2n) is 2.46. The van der Waals surface area contributed by atoms with Crippen molar-refractivity contribution >= 4 is 21.9 Å². The van der Waals surface area contributed by atoms with Crippen molar-refractivity contribution < 1.29 is 18.3 Å². The molecule has 5 heteroatoms. The van der Waals surface area contributed by atoms with E-state index >= 15 is 0 Å². The topological polar surface area (TPSA) is 26.3 Å². The molecule has 0 heterocycles. The molecule has 1 aromatic rings. The predicted octanol–water partition coefficient (Wildman–Crippen LogP) is 2.90. The lowest BCUT2D eigenvalue weighted by Crippen LogP contribution is -2.09. The van der Waals surface area contributed by atoms with Gasteiger partial charge in [0.25, 0.3) is 0 Å². The minimum absolute atomic E-state index is 0.0772. The van der Waals surface area contributed by atoms with Gasteiger partial charge >= 0.3 is 5.97 Å². The number of carbonyl (C=O) groups is 1. The molecule has 0 unspecified atom stereocenters. The Labute approximate surface area is 88.0 Å². The normalized spacial score (nSPS) is 10.0. The van der Waals surface area contributed by atoms with Crippen LogP contribution in [0.3, 0.4) is 0 Å². The quantitative estimate of drug-likeness (QED) is 0.768. The zero-order chi connectivity index (χ0) is 10.7. The molecule has 1 rings (SSSR count). The molecule has 14 heavy (non-hydrogen) atoms. The van der Waals surface area contributed by atoms with Crippen molar-refractivity contribution in [2.24, 2.45) is 0 Å². The highest BCUT2D eigenvalue weighted by atomic mass is 79.9. The zero-order valence-electron chi connectivity index (χ0n) is 7.31. The number of esters is 1. The summed E-state index contributed by atoms with van der Waals surface area (Å²) in [7, 11) is 0. The zero-order valence-corrected chi connectivity index (χ0v) is 8.90. The summed E-state index contributed by atoms with van der Waals surface area (Å²) >= 11 is 2.90. The van der Waals surface area contributed by atoms with Crippen LogP contribution in [-0.2, 0) is 4.74 Å². The molecule has 0 atom stereocenters. The Kier molecular flexibility index (Phi) is 3.57. The van der Waals surface area contributed by atoms with Gasteiger partial charge in [0.05, 0.1) is 6.61 Å². The van der Waals surface area contributed by atoms with Crippen molar-refractivity contribution in [3.63, 3.8) is 0 Å². The molecule has 0 saturated heterocycles. The van der Waals surface area contributed by atoms with E-state index in [2.05, 4.69) is 20.7 Å². The summed E-state index contributed by atoms with van der Waals surface area (Å²) in [5, 5.41) is 0. The summed E-state index contributed by atoms with van der Waals surface area (Å²) in [5.41, 5.74) is -0.657. The Morgan fingerprint density at radius 2 is 1.93 bits per heavy atom. The lowest BCUT2D eigenvalue weighted by Gasteiger charge is -2.04. The molecule has 0 aromatic heterocycles. The van der Waals surface area contributed by atoms with Crippen LogP contribution in [0.15, 0.2) is 16.6 Å². The van der Waals surface area contributed by atoms with Crippen molar-refractivity contribution in [1.82, 2.24) is 0 Å². The van der Waals surface area contributed by atoms with Gasteiger partial charge in [-0.25, -0.2) is 13.6 Å². The second kappa shape index (κ2) is 4.50. The van der Waals surface area contributed by atoms with Gasteiger partial charge in [-0.2, -0.15) is 0 Å². The van der Waals surface area contributed by atoms with Gasteiger partial charge in [-0.15, -0.1) is 0 Å². The van der Waals surface area contributed by atoms with Gasteiger partial charge in [0.1, 0.15) is 17.2 Å². The minimum atomic E-state index is -0.991. The van der Waals surface area contributed by atoms with E-state index in [1.807, 2.05) is 0 Å². The summed E-state index contributed by atoms with van der Waals surface area (Å²) in [6.07, 6.45) is 0. The highest BCUT2D eigenvalue weighted by Crippen LogP contribution is 2.19. The molecule has 76 valence electrons. The van der Waals surface area contributed by atoms with Crippen LogP contribution in [0.2, 0.25) is 0 Å². The Morgan fingerprint density at radius 1 is 1.43 bits per heavy atom. The molecule has 0 spiro atoms. The average molecular weight is 265 g/mol. The van der Waals surface area contributed by atoms with E-state index in [4.69, 9.17) is 0 Å². The van der Waals surface area contributed by atoms with Gasteiger partial charge in [0.2, 0.25) is 0 Å². The Hall–Kier alpha value is -0.970. The van der Waals surface area contributed by atoms with Crippen molar-refractivity contribution in [3.05, 3.63) is 33.8 Å². The Bertz CT molecular complexity index is 343. The number of benzene rings is 1. The first-order valence-corrected chi connectivity index (χ1v) is 4.67. The van der Waals surface area contributed by atoms with Crippen LogP contribution in [-0.4, -0.2) is 12.6 Å². The SMILES string of the molecule is CCOC(=O)c1c(F)cc(Br)cc1F. The molecule has 0 saturated carbocycles. The third-order valence-corrected chi connectivity index (χ3v) is 1.94. The number of halogens is 3. The van der Waals surface area contributed by atoms with Crippen LogP contribution in [0.1, 0.15) is 17.3 Å². The fourth-order valence-corrected chi connectivity index (χ4v) is 1.34. The van der Waals surface area contributed by atoms with Crippen LogP contribution < -0.4 is 0 Å². The third kappa shape index (κ3) is 2.29. The molecule has 2 nitrogen and oxygen atoms in total. The number of carbonyl (C=O) groups excluding carboxylic acids is 1. The van der Waals surface area contributed by atoms with Gasteiger partial charge in [-0.1, -0.05) is 15.9 Å². The molecule has 0 fully saturated rings. The summed E-state index contributed by atoms with van der Waals surface area (Å²) < 4.78 is 31.0. The van der Waals surface area contributed by atoms with Gasteiger partial charge in [0, 0.05) is 4.47 Å². The summed E-state index contributed by atoms with van der Waals surface area (Å²) in [6.45, 7) is 1.64. The summed E-state index contributed by atoms with van der Waals surface area (Å²) in [5.74, 6) is -2.86. The molecule has 0 bridgehead atoms. The van der Waals surface area contributed by atoms with Crippen LogP contribution >= 0.6 is 15.9 Å². The van der Waals surface area contributed by atoms with Crippen molar-refractivity contribution in [2.45, 2.75) is 6.92 Å². The number of ether oxygens (including phenoxy) is 1. The fourth-order valence-electron chi connectivity index (χ4n) is 0.940. The maximum absolute atomic E-state index is 13.1. The molecule has 0 N–H and O–H groups in total. The largest absolute Gasteiger partial charge is 0.462 e. The Morgan fingerprint density at radius 3 is 2.36 bits per heavy atom. The van der Waals surface area contributed by atoms with E-state index in [9.17, 15) is 13.6 Å². The summed E-state index contributed by atoms with van der Waals surface area (Å²) in [4.78, 5) is 11.1. The average Bonchev–Trinajstić information content (AvgIpc) is 2.01. The van der Waals surface area contributed by atoms with E-state index in [0.717, 1.165) is 12.1 Å². The Balaban J connectivity index is 3.14. The molecular formula is C9H7BrF2O2. The lowest BCUT2D eigenvalue weighted by molar-refractivity contribution is 0.0515. The van der Waals surface area contributed by atoms with Crippen molar-refractivity contribution in [2.75, 3.05) is 6.61 Å². The first kappa shape index (κ1) is 11.1. The van der Waals surface area contributed by atoms with Crippen LogP contribution in [0.4, 0.5) is 8.78 Å². The van der Waals surface area contributed by atoms with Gasteiger partial charge in [-0.05, 0) is 19.1 Å². The van der Waals surface area contributed by atoms with Gasteiger partial charge < -0.3 is 4.74 Å². The van der Waals surface area contributed by atoms with Crippen LogP contribution in [0, 0.1) is 11.6 Å². The predicted molar refractivity (Wildman–Crippen MR) is 50.0 cm³/mol. The fraction of sp³-hybridized carbons (Fsp3) is 0.222. The maximum atomic E-state index is 13.1. The van der Waals surface area contributed by atoms with E-state index in [0.29, 0.717) is 0 Å². The van der Waals surface area contributed by atoms with E-state index < -0.39 is 23.2 Å². The molecular weight excluding hydrogens is 258 g/mol. The number of hydrogen-bond donors (Lipinski definition) is 0. The van der Waals surface area contributed by atoms with E-state index in [1.54, 1.807) is 6.92 Å². The van der Waals surface area contributed by atoms with Gasteiger partial charge in [-0.3, -0.25) is 0 Å². The molecule has 0 aliphatic rings. The molecule has 0 amide bonds. The standard InChI is InChI=1S/C9H7BrF2O2/c1-2-14-9(13)8-6(11)3-5(10)4-7(8)12/h3-4H,2H2,1H3. The van der Waals surface area contributed by atoms with Gasteiger partial charge in [0.15, 0.2) is 0 Å². The first-order valence-electron chi connectivity index (χ1n) is 3.88. The van der Waals surface area contributed by atoms with Crippen molar-refractivity contribution in [1.29, 1.82) is 0 Å². The highest BCUT2D eigenvalue weighted by molar-refractivity contribution is 9.10. The van der Waals surface area contributed by atoms with E-state index in [-0.39, 0.29) is 11.1 Å². The van der Waals surface area contributed by atoms with Crippen LogP contribution in [0.5, 0.6) is 0 Å². The number of rotatable bonds is 2. The van der Waals surface area contributed by atoms with Crippen molar-refractivity contribution in [3.8, 4) is 0 Å². The highest BCUT2D eigenvalue weighted by Gasteiger charge is 2.19. The third-order valence-electron chi connectivity index (χ3n) is 1.49. The summed E-state index contributed by atoms with van der Waals surface area (Å²) in [6, 6.07) is 2.02. The molecule has 0 aliphatic heterocycles. The first-order chi connectivity index (χ1) is 6.56. The smallest absolute Gasteiger partial charge is 0.344 e. The molecule has 0 aliphatic carbocycles. The monoisotopic (exact) mass is 264 g/mol. The second-order valence-corrected chi connectivity index (χ2v) is 3.38.